The SMILES string of the molecule is CC(CN)CCCN(C)Cc1ccc(Cl)cc1. The van der Waals surface area contributed by atoms with Crippen LogP contribution in [0.1, 0.15) is 25.3 Å². The van der Waals surface area contributed by atoms with Crippen molar-refractivity contribution in [2.45, 2.75) is 26.3 Å². The van der Waals surface area contributed by atoms with Gasteiger partial charge in [0.25, 0.3) is 0 Å². The van der Waals surface area contributed by atoms with E-state index in [2.05, 4.69) is 31.0 Å². The number of rotatable bonds is 7. The van der Waals surface area contributed by atoms with Gasteiger partial charge in [0.05, 0.1) is 0 Å². The van der Waals surface area contributed by atoms with Gasteiger partial charge in [0.2, 0.25) is 0 Å². The first-order chi connectivity index (χ1) is 8.11. The Morgan fingerprint density at radius 1 is 1.29 bits per heavy atom. The van der Waals surface area contributed by atoms with Gasteiger partial charge in [-0.25, -0.2) is 0 Å². The lowest BCUT2D eigenvalue weighted by atomic mass is 10.1. The van der Waals surface area contributed by atoms with E-state index in [-0.39, 0.29) is 0 Å². The molecule has 0 amide bonds. The fourth-order valence-electron chi connectivity index (χ4n) is 1.81. The fraction of sp³-hybridized carbons (Fsp3) is 0.571. The number of nitrogens with two attached hydrogens (primary N) is 1. The Balaban J connectivity index is 2.25. The van der Waals surface area contributed by atoms with Gasteiger partial charge in [-0.2, -0.15) is 0 Å². The van der Waals surface area contributed by atoms with Crippen LogP contribution in [-0.2, 0) is 6.54 Å². The van der Waals surface area contributed by atoms with Gasteiger partial charge in [-0.05, 0) is 56.6 Å². The molecule has 0 aromatic heterocycles. The highest BCUT2D eigenvalue weighted by atomic mass is 35.5. The molecule has 0 radical (unpaired) electrons. The Bertz CT molecular complexity index is 311. The molecule has 1 rings (SSSR count). The number of nitrogens with zero attached hydrogens (tertiary/aromatic N) is 1. The lowest BCUT2D eigenvalue weighted by molar-refractivity contribution is 0.309. The summed E-state index contributed by atoms with van der Waals surface area (Å²) in [5.74, 6) is 0.638. The van der Waals surface area contributed by atoms with Gasteiger partial charge < -0.3 is 10.6 Å². The molecule has 0 aliphatic carbocycles. The lowest BCUT2D eigenvalue weighted by Crippen LogP contribution is -2.20. The molecular weight excluding hydrogens is 232 g/mol. The molecule has 1 unspecified atom stereocenters. The predicted octanol–water partition coefficient (Wildman–Crippen LogP) is 3.15. The summed E-state index contributed by atoms with van der Waals surface area (Å²) in [5, 5.41) is 0.799. The van der Waals surface area contributed by atoms with E-state index >= 15 is 0 Å². The zero-order valence-corrected chi connectivity index (χ0v) is 11.6. The number of hydrogen-bond donors (Lipinski definition) is 1. The first kappa shape index (κ1) is 14.5. The minimum absolute atomic E-state index is 0.638. The normalized spacial score (nSPS) is 13.0. The fourth-order valence-corrected chi connectivity index (χ4v) is 1.93. The van der Waals surface area contributed by atoms with Crippen LogP contribution in [0.4, 0.5) is 0 Å². The molecule has 0 saturated carbocycles. The van der Waals surface area contributed by atoms with Crippen LogP contribution in [0.2, 0.25) is 5.02 Å². The van der Waals surface area contributed by atoms with Gasteiger partial charge in [-0.3, -0.25) is 0 Å². The first-order valence-corrected chi connectivity index (χ1v) is 6.62. The Kier molecular flexibility index (Phi) is 6.56. The molecule has 0 heterocycles. The highest BCUT2D eigenvalue weighted by Crippen LogP contribution is 2.11. The second-order valence-corrected chi connectivity index (χ2v) is 5.28. The minimum Gasteiger partial charge on any atom is -0.330 e. The third-order valence-corrected chi connectivity index (χ3v) is 3.26. The van der Waals surface area contributed by atoms with E-state index in [0.29, 0.717) is 5.92 Å². The molecule has 1 atom stereocenters. The Labute approximate surface area is 110 Å². The average molecular weight is 255 g/mol. The van der Waals surface area contributed by atoms with Gasteiger partial charge in [-0.1, -0.05) is 30.7 Å². The van der Waals surface area contributed by atoms with E-state index < -0.39 is 0 Å². The summed E-state index contributed by atoms with van der Waals surface area (Å²) < 4.78 is 0. The lowest BCUT2D eigenvalue weighted by Gasteiger charge is -2.17. The standard InChI is InChI=1S/C14H23ClN2/c1-12(10-16)4-3-9-17(2)11-13-5-7-14(15)8-6-13/h5-8,12H,3-4,9-11,16H2,1-2H3. The van der Waals surface area contributed by atoms with Crippen molar-refractivity contribution in [3.63, 3.8) is 0 Å². The maximum Gasteiger partial charge on any atom is 0.0406 e. The van der Waals surface area contributed by atoms with Crippen molar-refractivity contribution < 1.29 is 0 Å². The number of hydrogen-bond acceptors (Lipinski definition) is 2. The summed E-state index contributed by atoms with van der Waals surface area (Å²) in [6.45, 7) is 5.10. The van der Waals surface area contributed by atoms with Crippen molar-refractivity contribution in [2.75, 3.05) is 20.1 Å². The van der Waals surface area contributed by atoms with Crippen LogP contribution in [0, 0.1) is 5.92 Å². The molecule has 3 heteroatoms. The van der Waals surface area contributed by atoms with Crippen molar-refractivity contribution in [1.82, 2.24) is 4.90 Å². The topological polar surface area (TPSA) is 29.3 Å². The van der Waals surface area contributed by atoms with Crippen molar-refractivity contribution in [2.24, 2.45) is 11.7 Å². The highest BCUT2D eigenvalue weighted by Gasteiger charge is 2.03. The van der Waals surface area contributed by atoms with Crippen LogP contribution in [0.25, 0.3) is 0 Å². The van der Waals surface area contributed by atoms with Gasteiger partial charge in [0, 0.05) is 11.6 Å². The third-order valence-electron chi connectivity index (χ3n) is 3.00. The van der Waals surface area contributed by atoms with E-state index in [9.17, 15) is 0 Å². The van der Waals surface area contributed by atoms with Gasteiger partial charge >= 0.3 is 0 Å². The summed E-state index contributed by atoms with van der Waals surface area (Å²) >= 11 is 5.86. The number of benzene rings is 1. The van der Waals surface area contributed by atoms with Crippen LogP contribution in [0.3, 0.4) is 0 Å². The van der Waals surface area contributed by atoms with Crippen LogP contribution in [0.15, 0.2) is 24.3 Å². The molecule has 1 aromatic rings. The zero-order valence-electron chi connectivity index (χ0n) is 10.8. The second kappa shape index (κ2) is 7.70. The van der Waals surface area contributed by atoms with Crippen LogP contribution in [0.5, 0.6) is 0 Å². The molecule has 0 saturated heterocycles. The summed E-state index contributed by atoms with van der Waals surface area (Å²) in [6, 6.07) is 8.06. The molecule has 1 aromatic carbocycles. The highest BCUT2D eigenvalue weighted by molar-refractivity contribution is 6.30. The van der Waals surface area contributed by atoms with Gasteiger partial charge in [-0.15, -0.1) is 0 Å². The van der Waals surface area contributed by atoms with Crippen molar-refractivity contribution in [1.29, 1.82) is 0 Å². The van der Waals surface area contributed by atoms with Gasteiger partial charge in [0.1, 0.15) is 0 Å². The summed E-state index contributed by atoms with van der Waals surface area (Å²) in [5.41, 5.74) is 6.91. The van der Waals surface area contributed by atoms with Crippen molar-refractivity contribution in [3.05, 3.63) is 34.9 Å². The van der Waals surface area contributed by atoms with Crippen LogP contribution >= 0.6 is 11.6 Å². The van der Waals surface area contributed by atoms with E-state index in [4.69, 9.17) is 17.3 Å². The molecule has 0 spiro atoms. The molecule has 0 bridgehead atoms. The number of halogens is 1. The predicted molar refractivity (Wildman–Crippen MR) is 75.2 cm³/mol. The third kappa shape index (κ3) is 6.06. The Hall–Kier alpha value is -0.570. The maximum atomic E-state index is 5.86. The Morgan fingerprint density at radius 3 is 2.53 bits per heavy atom. The average Bonchev–Trinajstić information content (AvgIpc) is 2.32. The van der Waals surface area contributed by atoms with E-state index in [1.165, 1.54) is 18.4 Å². The summed E-state index contributed by atoms with van der Waals surface area (Å²) in [7, 11) is 2.15. The molecular formula is C14H23ClN2. The molecule has 0 fully saturated rings. The molecule has 96 valence electrons. The molecule has 0 aliphatic rings. The van der Waals surface area contributed by atoms with E-state index in [1.54, 1.807) is 0 Å². The molecule has 17 heavy (non-hydrogen) atoms. The molecule has 2 N–H and O–H groups in total. The smallest absolute Gasteiger partial charge is 0.0406 e. The second-order valence-electron chi connectivity index (χ2n) is 4.85. The minimum atomic E-state index is 0.638. The quantitative estimate of drug-likeness (QED) is 0.810. The molecule has 0 aliphatic heterocycles. The van der Waals surface area contributed by atoms with E-state index in [1.807, 2.05) is 12.1 Å². The summed E-state index contributed by atoms with van der Waals surface area (Å²) in [4.78, 5) is 2.34. The van der Waals surface area contributed by atoms with Crippen LogP contribution < -0.4 is 5.73 Å². The monoisotopic (exact) mass is 254 g/mol. The maximum absolute atomic E-state index is 5.86. The zero-order chi connectivity index (χ0) is 12.7. The first-order valence-electron chi connectivity index (χ1n) is 6.25. The largest absolute Gasteiger partial charge is 0.330 e. The van der Waals surface area contributed by atoms with Gasteiger partial charge in [0.15, 0.2) is 0 Å². The van der Waals surface area contributed by atoms with Crippen molar-refractivity contribution in [3.8, 4) is 0 Å². The Morgan fingerprint density at radius 2 is 1.94 bits per heavy atom. The molecule has 2 nitrogen and oxygen atoms in total. The van der Waals surface area contributed by atoms with E-state index in [0.717, 1.165) is 24.7 Å². The van der Waals surface area contributed by atoms with Crippen molar-refractivity contribution >= 4 is 11.6 Å². The summed E-state index contributed by atoms with van der Waals surface area (Å²) in [6.07, 6.45) is 2.42. The van der Waals surface area contributed by atoms with Crippen LogP contribution in [-0.4, -0.2) is 25.0 Å².